The molecule has 2 aliphatic heterocycles. The molecular formula is C24H28N4O4S. The van der Waals surface area contributed by atoms with Gasteiger partial charge >= 0.3 is 0 Å². The maximum absolute atomic E-state index is 12.9. The van der Waals surface area contributed by atoms with Crippen LogP contribution in [0.2, 0.25) is 0 Å². The van der Waals surface area contributed by atoms with Crippen LogP contribution in [-0.4, -0.2) is 56.1 Å². The van der Waals surface area contributed by atoms with Gasteiger partial charge in [0.15, 0.2) is 0 Å². The number of carbonyl (C=O) groups is 2. The number of sulfonamides is 1. The van der Waals surface area contributed by atoms with Gasteiger partial charge < -0.3 is 10.2 Å². The number of amides is 2. The van der Waals surface area contributed by atoms with Gasteiger partial charge in [-0.1, -0.05) is 42.5 Å². The Morgan fingerprint density at radius 1 is 1.09 bits per heavy atom. The van der Waals surface area contributed by atoms with Crippen LogP contribution in [0.4, 0.5) is 0 Å². The summed E-state index contributed by atoms with van der Waals surface area (Å²) in [5.41, 5.74) is 1.62. The normalized spacial score (nSPS) is 19.5. The van der Waals surface area contributed by atoms with E-state index in [2.05, 4.69) is 15.0 Å². The minimum atomic E-state index is -3.64. The third-order valence-electron chi connectivity index (χ3n) is 6.00. The first-order chi connectivity index (χ1) is 15.8. The van der Waals surface area contributed by atoms with Crippen molar-refractivity contribution in [2.75, 3.05) is 13.1 Å². The Morgan fingerprint density at radius 2 is 1.76 bits per heavy atom. The van der Waals surface area contributed by atoms with Gasteiger partial charge in [0.25, 0.3) is 10.0 Å². The number of amidine groups is 1. The zero-order valence-electron chi connectivity index (χ0n) is 18.5. The highest BCUT2D eigenvalue weighted by Crippen LogP contribution is 2.23. The second kappa shape index (κ2) is 9.74. The highest BCUT2D eigenvalue weighted by atomic mass is 32.2. The Balaban J connectivity index is 1.28. The van der Waals surface area contributed by atoms with Gasteiger partial charge in [-0.3, -0.25) is 19.3 Å². The monoisotopic (exact) mass is 468 g/mol. The fraction of sp³-hybridized carbons (Fsp3) is 0.375. The van der Waals surface area contributed by atoms with Crippen molar-refractivity contribution >= 4 is 27.7 Å². The van der Waals surface area contributed by atoms with Crippen LogP contribution in [0.25, 0.3) is 0 Å². The molecule has 2 heterocycles. The van der Waals surface area contributed by atoms with Crippen molar-refractivity contribution in [1.82, 2.24) is 14.9 Å². The topological polar surface area (TPSA) is 108 Å². The standard InChI is InChI=1S/C24H28N4O4S/c1-17(25-23-20-9-5-6-10-21(20)33(31,32)27-23)24(30)28-15-13-19(14-16-28)26-22(29)12-11-18-7-3-2-4-8-18/h2-10,17,19H,11-16H2,1H3,(H,25,27)(H,26,29)/t17-/m0/s1. The van der Waals surface area contributed by atoms with Gasteiger partial charge in [-0.2, -0.15) is 0 Å². The lowest BCUT2D eigenvalue weighted by Crippen LogP contribution is -2.48. The summed E-state index contributed by atoms with van der Waals surface area (Å²) < 4.78 is 26.9. The molecule has 2 amide bonds. The summed E-state index contributed by atoms with van der Waals surface area (Å²) in [5, 5.41) is 3.08. The summed E-state index contributed by atoms with van der Waals surface area (Å²) in [7, 11) is -3.64. The average Bonchev–Trinajstić information content (AvgIpc) is 3.08. The molecule has 174 valence electrons. The maximum Gasteiger partial charge on any atom is 0.263 e. The molecule has 4 rings (SSSR count). The lowest BCUT2D eigenvalue weighted by atomic mass is 10.0. The maximum atomic E-state index is 12.9. The van der Waals surface area contributed by atoms with Crippen LogP contribution in [0.5, 0.6) is 0 Å². The molecule has 2 aliphatic rings. The van der Waals surface area contributed by atoms with E-state index in [4.69, 9.17) is 0 Å². The van der Waals surface area contributed by atoms with Crippen LogP contribution in [0.1, 0.15) is 37.3 Å². The van der Waals surface area contributed by atoms with Crippen LogP contribution in [-0.2, 0) is 26.0 Å². The van der Waals surface area contributed by atoms with Crippen molar-refractivity contribution in [3.63, 3.8) is 0 Å². The minimum absolute atomic E-state index is 0.0237. The fourth-order valence-corrected chi connectivity index (χ4v) is 5.43. The lowest BCUT2D eigenvalue weighted by Gasteiger charge is -2.33. The molecule has 9 heteroatoms. The molecule has 8 nitrogen and oxygen atoms in total. The van der Waals surface area contributed by atoms with Gasteiger partial charge in [-0.05, 0) is 43.9 Å². The quantitative estimate of drug-likeness (QED) is 0.675. The molecule has 33 heavy (non-hydrogen) atoms. The van der Waals surface area contributed by atoms with Gasteiger partial charge in [0, 0.05) is 31.1 Å². The largest absolute Gasteiger partial charge is 0.353 e. The van der Waals surface area contributed by atoms with Gasteiger partial charge in [0.05, 0.1) is 4.90 Å². The van der Waals surface area contributed by atoms with E-state index >= 15 is 0 Å². The number of hydrogen-bond acceptors (Lipinski definition) is 5. The Morgan fingerprint density at radius 3 is 2.48 bits per heavy atom. The minimum Gasteiger partial charge on any atom is -0.353 e. The first kappa shape index (κ1) is 23.0. The predicted octanol–water partition coefficient (Wildman–Crippen LogP) is 1.85. The number of piperidine rings is 1. The molecule has 0 unspecified atom stereocenters. The SMILES string of the molecule is C[C@H](N=C1NS(=O)(=O)c2ccccc21)C(=O)N1CCC(NC(=O)CCc2ccccc2)CC1. The van der Waals surface area contributed by atoms with Crippen molar-refractivity contribution in [2.24, 2.45) is 4.99 Å². The Bertz CT molecular complexity index is 1160. The number of likely N-dealkylation sites (tertiary alicyclic amines) is 1. The van der Waals surface area contributed by atoms with E-state index in [1.165, 1.54) is 6.07 Å². The van der Waals surface area contributed by atoms with E-state index in [1.54, 1.807) is 30.0 Å². The predicted molar refractivity (Wildman–Crippen MR) is 125 cm³/mol. The molecule has 0 spiro atoms. The number of aliphatic imine (C=N–C) groups is 1. The molecule has 2 aromatic carbocycles. The number of rotatable bonds is 6. The van der Waals surface area contributed by atoms with Gasteiger partial charge in [-0.25, -0.2) is 8.42 Å². The highest BCUT2D eigenvalue weighted by molar-refractivity contribution is 7.90. The Kier molecular flexibility index (Phi) is 6.78. The van der Waals surface area contributed by atoms with Crippen LogP contribution < -0.4 is 10.0 Å². The number of carbonyl (C=O) groups excluding carboxylic acids is 2. The number of nitrogens with one attached hydrogen (secondary N) is 2. The number of aryl methyl sites for hydroxylation is 1. The summed E-state index contributed by atoms with van der Waals surface area (Å²) in [6.07, 6.45) is 2.51. The highest BCUT2D eigenvalue weighted by Gasteiger charge is 2.32. The van der Waals surface area contributed by atoms with Crippen molar-refractivity contribution in [1.29, 1.82) is 0 Å². The summed E-state index contributed by atoms with van der Waals surface area (Å²) in [6, 6.07) is 15.8. The van der Waals surface area contributed by atoms with E-state index in [1.807, 2.05) is 30.3 Å². The Hall–Kier alpha value is -3.20. The van der Waals surface area contributed by atoms with E-state index in [-0.39, 0.29) is 28.6 Å². The van der Waals surface area contributed by atoms with Crippen molar-refractivity contribution in [3.8, 4) is 0 Å². The number of fused-ring (bicyclic) bond motifs is 1. The third-order valence-corrected chi connectivity index (χ3v) is 7.40. The first-order valence-corrected chi connectivity index (χ1v) is 12.6. The van der Waals surface area contributed by atoms with E-state index < -0.39 is 16.1 Å². The molecule has 0 radical (unpaired) electrons. The molecule has 1 fully saturated rings. The average molecular weight is 469 g/mol. The molecule has 1 saturated heterocycles. The summed E-state index contributed by atoms with van der Waals surface area (Å²) >= 11 is 0. The summed E-state index contributed by atoms with van der Waals surface area (Å²) in [5.74, 6) is 0.0718. The van der Waals surface area contributed by atoms with Crippen molar-refractivity contribution in [3.05, 3.63) is 65.7 Å². The lowest BCUT2D eigenvalue weighted by molar-refractivity contribution is -0.133. The van der Waals surface area contributed by atoms with Crippen molar-refractivity contribution < 1.29 is 18.0 Å². The molecule has 0 saturated carbocycles. The molecule has 2 aromatic rings. The zero-order chi connectivity index (χ0) is 23.4. The fourth-order valence-electron chi connectivity index (χ4n) is 4.19. The number of nitrogens with zero attached hydrogens (tertiary/aromatic N) is 2. The van der Waals surface area contributed by atoms with Crippen LogP contribution in [0, 0.1) is 0 Å². The van der Waals surface area contributed by atoms with Crippen LogP contribution in [0.3, 0.4) is 0 Å². The first-order valence-electron chi connectivity index (χ1n) is 11.2. The Labute approximate surface area is 194 Å². The van der Waals surface area contributed by atoms with Crippen molar-refractivity contribution in [2.45, 2.75) is 49.6 Å². The number of benzene rings is 2. The van der Waals surface area contributed by atoms with E-state index in [9.17, 15) is 18.0 Å². The van der Waals surface area contributed by atoms with Gasteiger partial charge in [0.2, 0.25) is 11.8 Å². The summed E-state index contributed by atoms with van der Waals surface area (Å²) in [6.45, 7) is 2.72. The molecule has 0 aromatic heterocycles. The van der Waals surface area contributed by atoms with Gasteiger partial charge in [-0.15, -0.1) is 0 Å². The third kappa shape index (κ3) is 5.42. The molecule has 1 atom stereocenters. The molecule has 2 N–H and O–H groups in total. The molecule has 0 bridgehead atoms. The summed E-state index contributed by atoms with van der Waals surface area (Å²) in [4.78, 5) is 31.5. The van der Waals surface area contributed by atoms with E-state index in [0.29, 0.717) is 44.3 Å². The van der Waals surface area contributed by atoms with Crippen LogP contribution in [0.15, 0.2) is 64.5 Å². The van der Waals surface area contributed by atoms with E-state index in [0.717, 1.165) is 5.56 Å². The zero-order valence-corrected chi connectivity index (χ0v) is 19.3. The number of hydrogen-bond donors (Lipinski definition) is 2. The molecular weight excluding hydrogens is 440 g/mol. The second-order valence-corrected chi connectivity index (χ2v) is 10.1. The second-order valence-electron chi connectivity index (χ2n) is 8.41. The van der Waals surface area contributed by atoms with Crippen LogP contribution >= 0.6 is 0 Å². The van der Waals surface area contributed by atoms with Gasteiger partial charge in [0.1, 0.15) is 11.9 Å². The molecule has 0 aliphatic carbocycles. The smallest absolute Gasteiger partial charge is 0.263 e.